The summed E-state index contributed by atoms with van der Waals surface area (Å²) in [7, 11) is 0. The van der Waals surface area contributed by atoms with E-state index in [4.69, 9.17) is 4.74 Å². The summed E-state index contributed by atoms with van der Waals surface area (Å²) in [5.74, 6) is 1.57. The smallest absolute Gasteiger partial charge is 0.160 e. The summed E-state index contributed by atoms with van der Waals surface area (Å²) in [4.78, 5) is 9.19. The Morgan fingerprint density at radius 1 is 1.26 bits per heavy atom. The van der Waals surface area contributed by atoms with Crippen LogP contribution in [0.2, 0.25) is 0 Å². The number of hydrogen-bond donors (Lipinski definition) is 1. The summed E-state index contributed by atoms with van der Waals surface area (Å²) < 4.78 is 6.77. The van der Waals surface area contributed by atoms with Crippen molar-refractivity contribution in [3.8, 4) is 0 Å². The van der Waals surface area contributed by atoms with Crippen molar-refractivity contribution >= 4 is 21.7 Å². The molecule has 0 saturated heterocycles. The molecule has 0 spiro atoms. The minimum Gasteiger partial charge on any atom is -0.370 e. The van der Waals surface area contributed by atoms with Gasteiger partial charge in [0.1, 0.15) is 11.9 Å². The number of aromatic nitrogens is 2. The largest absolute Gasteiger partial charge is 0.370 e. The Hall–Kier alpha value is -0.680. The van der Waals surface area contributed by atoms with Crippen LogP contribution in [0.5, 0.6) is 0 Å². The summed E-state index contributed by atoms with van der Waals surface area (Å²) in [6.07, 6.45) is -0.110. The number of ether oxygens (including phenoxy) is 1. The molecule has 4 nitrogen and oxygen atoms in total. The molecule has 1 N–H and O–H groups in total. The number of nitrogens with zero attached hydrogens (tertiary/aromatic N) is 2. The maximum atomic E-state index is 5.85. The fraction of sp³-hybridized carbons (Fsp3) is 0.714. The van der Waals surface area contributed by atoms with Gasteiger partial charge in [0.15, 0.2) is 5.82 Å². The second-order valence-electron chi connectivity index (χ2n) is 5.56. The Morgan fingerprint density at radius 3 is 2.37 bits per heavy atom. The van der Waals surface area contributed by atoms with Crippen molar-refractivity contribution in [2.75, 3.05) is 18.5 Å². The van der Waals surface area contributed by atoms with E-state index in [9.17, 15) is 0 Å². The van der Waals surface area contributed by atoms with E-state index in [0.717, 1.165) is 28.4 Å². The lowest BCUT2D eigenvalue weighted by Gasteiger charge is -2.29. The van der Waals surface area contributed by atoms with Crippen molar-refractivity contribution in [1.82, 2.24) is 9.97 Å². The van der Waals surface area contributed by atoms with Gasteiger partial charge in [-0.1, -0.05) is 20.8 Å². The van der Waals surface area contributed by atoms with Crippen LogP contribution in [-0.2, 0) is 4.74 Å². The first-order chi connectivity index (χ1) is 8.81. The standard InChI is InChI=1S/C14H24BrN3O/c1-7-16-12-10(15)9(3)17-13(18-12)11(19-8-2)14(4,5)6/h11H,7-8H2,1-6H3,(H,16,17,18). The third-order valence-corrected chi connectivity index (χ3v) is 3.68. The molecule has 1 rings (SSSR count). The maximum absolute atomic E-state index is 5.85. The van der Waals surface area contributed by atoms with Crippen molar-refractivity contribution in [2.24, 2.45) is 5.41 Å². The predicted molar refractivity (Wildman–Crippen MR) is 82.5 cm³/mol. The van der Waals surface area contributed by atoms with Crippen molar-refractivity contribution in [3.63, 3.8) is 0 Å². The van der Waals surface area contributed by atoms with Gasteiger partial charge in [0.05, 0.1) is 10.2 Å². The fourth-order valence-electron chi connectivity index (χ4n) is 1.86. The van der Waals surface area contributed by atoms with Crippen LogP contribution < -0.4 is 5.32 Å². The highest BCUT2D eigenvalue weighted by Gasteiger charge is 2.30. The molecule has 0 saturated carbocycles. The lowest BCUT2D eigenvalue weighted by atomic mass is 9.88. The number of aryl methyl sites for hydroxylation is 1. The molecule has 1 aromatic heterocycles. The van der Waals surface area contributed by atoms with Gasteiger partial charge in [-0.2, -0.15) is 0 Å². The predicted octanol–water partition coefficient (Wildman–Crippen LogP) is 4.10. The third kappa shape index (κ3) is 4.14. The van der Waals surface area contributed by atoms with Crippen LogP contribution in [0.3, 0.4) is 0 Å². The van der Waals surface area contributed by atoms with E-state index in [1.807, 2.05) is 20.8 Å². The normalized spacial score (nSPS) is 13.4. The van der Waals surface area contributed by atoms with Gasteiger partial charge in [-0.15, -0.1) is 0 Å². The molecule has 0 aromatic carbocycles. The van der Waals surface area contributed by atoms with E-state index in [1.54, 1.807) is 0 Å². The van der Waals surface area contributed by atoms with Gasteiger partial charge >= 0.3 is 0 Å². The molecule has 1 aromatic rings. The van der Waals surface area contributed by atoms with Gasteiger partial charge in [0.2, 0.25) is 0 Å². The van der Waals surface area contributed by atoms with Gasteiger partial charge in [-0.25, -0.2) is 9.97 Å². The van der Waals surface area contributed by atoms with Gasteiger partial charge in [0, 0.05) is 13.2 Å². The minimum atomic E-state index is -0.110. The number of rotatable bonds is 5. The highest BCUT2D eigenvalue weighted by atomic mass is 79.9. The van der Waals surface area contributed by atoms with Crippen LogP contribution in [0.1, 0.15) is 52.2 Å². The minimum absolute atomic E-state index is 0.0419. The summed E-state index contributed by atoms with van der Waals surface area (Å²) in [5.41, 5.74) is 0.884. The molecule has 0 bridgehead atoms. The van der Waals surface area contributed by atoms with Crippen molar-refractivity contribution in [1.29, 1.82) is 0 Å². The van der Waals surface area contributed by atoms with E-state index < -0.39 is 0 Å². The molecule has 108 valence electrons. The molecule has 0 aliphatic heterocycles. The molecule has 0 aliphatic carbocycles. The van der Waals surface area contributed by atoms with Gasteiger partial charge < -0.3 is 10.1 Å². The molecule has 1 unspecified atom stereocenters. The second-order valence-corrected chi connectivity index (χ2v) is 6.35. The van der Waals surface area contributed by atoms with Gasteiger partial charge in [-0.05, 0) is 42.1 Å². The lowest BCUT2D eigenvalue weighted by molar-refractivity contribution is -0.0191. The number of hydrogen-bond acceptors (Lipinski definition) is 4. The SMILES string of the molecule is CCNc1nc(C(OCC)C(C)(C)C)nc(C)c1Br. The first kappa shape index (κ1) is 16.4. The Bertz CT molecular complexity index is 429. The second kappa shape index (κ2) is 6.66. The Balaban J connectivity index is 3.24. The first-order valence-electron chi connectivity index (χ1n) is 6.70. The van der Waals surface area contributed by atoms with E-state index in [2.05, 4.69) is 52.0 Å². The number of nitrogens with one attached hydrogen (secondary N) is 1. The molecular weight excluding hydrogens is 306 g/mol. The van der Waals surface area contributed by atoms with Crippen molar-refractivity contribution < 1.29 is 4.74 Å². The Labute approximate surface area is 124 Å². The van der Waals surface area contributed by atoms with E-state index in [-0.39, 0.29) is 11.5 Å². The zero-order valence-electron chi connectivity index (χ0n) is 12.7. The lowest BCUT2D eigenvalue weighted by Crippen LogP contribution is -2.24. The molecule has 0 amide bonds. The molecular formula is C14H24BrN3O. The van der Waals surface area contributed by atoms with Crippen LogP contribution in [0, 0.1) is 12.3 Å². The van der Waals surface area contributed by atoms with Crippen LogP contribution in [0.15, 0.2) is 4.47 Å². The van der Waals surface area contributed by atoms with Gasteiger partial charge in [-0.3, -0.25) is 0 Å². The zero-order valence-corrected chi connectivity index (χ0v) is 14.3. The van der Waals surface area contributed by atoms with Crippen molar-refractivity contribution in [2.45, 2.75) is 47.6 Å². The monoisotopic (exact) mass is 329 g/mol. The van der Waals surface area contributed by atoms with E-state index >= 15 is 0 Å². The maximum Gasteiger partial charge on any atom is 0.160 e. The van der Waals surface area contributed by atoms with Crippen LogP contribution in [0.25, 0.3) is 0 Å². The molecule has 5 heteroatoms. The highest BCUT2D eigenvalue weighted by Crippen LogP contribution is 2.36. The van der Waals surface area contributed by atoms with E-state index in [0.29, 0.717) is 6.61 Å². The Morgan fingerprint density at radius 2 is 1.89 bits per heavy atom. The molecule has 19 heavy (non-hydrogen) atoms. The average Bonchev–Trinajstić information content (AvgIpc) is 2.30. The quantitative estimate of drug-likeness (QED) is 0.883. The molecule has 0 radical (unpaired) electrons. The van der Waals surface area contributed by atoms with E-state index in [1.165, 1.54) is 0 Å². The Kier molecular flexibility index (Phi) is 5.74. The third-order valence-electron chi connectivity index (χ3n) is 2.73. The molecule has 0 aliphatic rings. The van der Waals surface area contributed by atoms with Crippen LogP contribution >= 0.6 is 15.9 Å². The number of halogens is 1. The summed E-state index contributed by atoms with van der Waals surface area (Å²) in [6.45, 7) is 13.9. The summed E-state index contributed by atoms with van der Waals surface area (Å²) >= 11 is 3.53. The first-order valence-corrected chi connectivity index (χ1v) is 7.50. The van der Waals surface area contributed by atoms with Crippen molar-refractivity contribution in [3.05, 3.63) is 16.0 Å². The summed E-state index contributed by atoms with van der Waals surface area (Å²) in [6, 6.07) is 0. The zero-order chi connectivity index (χ0) is 14.6. The topological polar surface area (TPSA) is 47.0 Å². The molecule has 1 atom stereocenters. The average molecular weight is 330 g/mol. The van der Waals surface area contributed by atoms with Gasteiger partial charge in [0.25, 0.3) is 0 Å². The fourth-order valence-corrected chi connectivity index (χ4v) is 2.18. The highest BCUT2D eigenvalue weighted by molar-refractivity contribution is 9.10. The number of anilines is 1. The van der Waals surface area contributed by atoms with Crippen LogP contribution in [0.4, 0.5) is 5.82 Å². The molecule has 1 heterocycles. The van der Waals surface area contributed by atoms with Crippen LogP contribution in [-0.4, -0.2) is 23.1 Å². The summed E-state index contributed by atoms with van der Waals surface area (Å²) in [5, 5.41) is 3.25. The molecule has 0 fully saturated rings.